The maximum absolute atomic E-state index is 13.2. The average Bonchev–Trinajstić information content (AvgIpc) is 2.81. The Bertz CT molecular complexity index is 1300. The van der Waals surface area contributed by atoms with E-state index in [1.165, 1.54) is 12.4 Å². The van der Waals surface area contributed by atoms with E-state index in [4.69, 9.17) is 21.4 Å². The van der Waals surface area contributed by atoms with Crippen molar-refractivity contribution in [3.05, 3.63) is 64.2 Å². The molecule has 0 saturated carbocycles. The van der Waals surface area contributed by atoms with Gasteiger partial charge in [-0.25, -0.2) is 9.37 Å². The van der Waals surface area contributed by atoms with Crippen LogP contribution in [0.2, 0.25) is 5.02 Å². The van der Waals surface area contributed by atoms with E-state index < -0.39 is 48.4 Å². The van der Waals surface area contributed by atoms with Crippen molar-refractivity contribution in [2.24, 2.45) is 0 Å². The van der Waals surface area contributed by atoms with Crippen LogP contribution in [0, 0.1) is 0 Å². The minimum absolute atomic E-state index is 0.123. The Morgan fingerprint density at radius 3 is 2.62 bits per heavy atom. The lowest BCUT2D eigenvalue weighted by atomic mass is 10.1. The molecule has 1 aromatic heterocycles. The number of aliphatic carboxylic acids is 1. The van der Waals surface area contributed by atoms with E-state index >= 15 is 0 Å². The number of hydrogen-bond acceptors (Lipinski definition) is 6. The molecule has 11 heteroatoms. The zero-order valence-electron chi connectivity index (χ0n) is 18.0. The third kappa shape index (κ3) is 5.57. The highest BCUT2D eigenvalue weighted by molar-refractivity contribution is 6.32. The molecule has 2 atom stereocenters. The normalized spacial score (nSPS) is 12.7. The number of nitrogens with one attached hydrogen (secondary N) is 1. The van der Waals surface area contributed by atoms with Crippen molar-refractivity contribution in [1.82, 2.24) is 14.9 Å². The van der Waals surface area contributed by atoms with Crippen LogP contribution in [0.3, 0.4) is 0 Å². The average molecular weight is 490 g/mol. The summed E-state index contributed by atoms with van der Waals surface area (Å²) in [5, 5.41) is 11.7. The van der Waals surface area contributed by atoms with Gasteiger partial charge in [0.15, 0.2) is 5.78 Å². The number of carboxylic acid groups (broad SMARTS) is 1. The minimum Gasteiger partial charge on any atom is -0.481 e. The van der Waals surface area contributed by atoms with Gasteiger partial charge < -0.3 is 15.2 Å². The van der Waals surface area contributed by atoms with Crippen LogP contribution in [0.15, 0.2) is 53.6 Å². The van der Waals surface area contributed by atoms with Crippen molar-refractivity contribution < 1.29 is 28.6 Å². The lowest BCUT2D eigenvalue weighted by Crippen LogP contribution is -2.47. The number of ketones is 1. The Kier molecular flexibility index (Phi) is 7.95. The Balaban J connectivity index is 1.93. The lowest BCUT2D eigenvalue weighted by Gasteiger charge is -2.21. The van der Waals surface area contributed by atoms with E-state index in [1.807, 2.05) is 0 Å². The highest BCUT2D eigenvalue weighted by Crippen LogP contribution is 2.29. The fraction of sp³-hybridized carbons (Fsp3) is 0.261. The van der Waals surface area contributed by atoms with Crippen LogP contribution in [0.5, 0.6) is 11.5 Å². The van der Waals surface area contributed by atoms with Gasteiger partial charge in [0, 0.05) is 0 Å². The molecule has 1 amide bonds. The molecule has 0 saturated heterocycles. The Labute approximate surface area is 198 Å². The van der Waals surface area contributed by atoms with Crippen LogP contribution in [-0.2, 0) is 14.4 Å². The number of benzene rings is 2. The number of amides is 1. The van der Waals surface area contributed by atoms with Gasteiger partial charge in [-0.15, -0.1) is 0 Å². The highest BCUT2D eigenvalue weighted by atomic mass is 35.5. The van der Waals surface area contributed by atoms with Crippen molar-refractivity contribution in [2.45, 2.75) is 31.8 Å². The Morgan fingerprint density at radius 2 is 1.97 bits per heavy atom. The number of aromatic nitrogens is 2. The molecule has 2 N–H and O–H groups in total. The van der Waals surface area contributed by atoms with Gasteiger partial charge in [0.2, 0.25) is 5.91 Å². The van der Waals surface area contributed by atoms with Crippen LogP contribution in [0.25, 0.3) is 10.9 Å². The third-order valence-electron chi connectivity index (χ3n) is 5.06. The number of para-hydroxylation sites is 1. The topological polar surface area (TPSA) is 128 Å². The van der Waals surface area contributed by atoms with Gasteiger partial charge in [0.25, 0.3) is 5.56 Å². The standard InChI is InChI=1S/C23H21ClFN3O6/c1-2-18(22(32)27-17(10-21(30)31)19(29)11-25)28-12-26-16-8-7-13(9-14(16)23(28)33)34-20-6-4-3-5-15(20)24/h3-9,12,17-18H,2,10-11H2,1H3,(H,27,32)(H,30,31). The summed E-state index contributed by atoms with van der Waals surface area (Å²) in [6.45, 7) is 0.196. The summed E-state index contributed by atoms with van der Waals surface area (Å²) in [6, 6.07) is 8.81. The fourth-order valence-corrected chi connectivity index (χ4v) is 3.52. The number of ether oxygens (including phenoxy) is 1. The summed E-state index contributed by atoms with van der Waals surface area (Å²) >= 11 is 6.12. The van der Waals surface area contributed by atoms with Crippen LogP contribution < -0.4 is 15.6 Å². The molecule has 0 bridgehead atoms. The highest BCUT2D eigenvalue weighted by Gasteiger charge is 2.28. The van der Waals surface area contributed by atoms with Gasteiger partial charge in [-0.05, 0) is 36.8 Å². The van der Waals surface area contributed by atoms with Crippen LogP contribution in [-0.4, -0.2) is 45.0 Å². The number of carbonyl (C=O) groups is 3. The predicted octanol–water partition coefficient (Wildman–Crippen LogP) is 3.29. The van der Waals surface area contributed by atoms with Gasteiger partial charge in [-0.1, -0.05) is 30.7 Å². The largest absolute Gasteiger partial charge is 0.481 e. The number of carbonyl (C=O) groups excluding carboxylic acids is 2. The number of Topliss-reactive ketones (excluding diaryl/α,β-unsaturated/α-hetero) is 1. The van der Waals surface area contributed by atoms with Crippen molar-refractivity contribution in [2.75, 3.05) is 6.67 Å². The van der Waals surface area contributed by atoms with Gasteiger partial charge in [-0.2, -0.15) is 0 Å². The van der Waals surface area contributed by atoms with E-state index in [9.17, 15) is 23.6 Å². The van der Waals surface area contributed by atoms with E-state index in [2.05, 4.69) is 10.3 Å². The van der Waals surface area contributed by atoms with Crippen molar-refractivity contribution >= 4 is 40.2 Å². The van der Waals surface area contributed by atoms with E-state index in [1.54, 1.807) is 43.3 Å². The third-order valence-corrected chi connectivity index (χ3v) is 5.37. The monoisotopic (exact) mass is 489 g/mol. The minimum atomic E-state index is -1.55. The summed E-state index contributed by atoms with van der Waals surface area (Å²) < 4.78 is 19.7. The van der Waals surface area contributed by atoms with Gasteiger partial charge >= 0.3 is 5.97 Å². The molecule has 0 aliphatic heterocycles. The first kappa shape index (κ1) is 24.8. The molecule has 0 aliphatic rings. The molecule has 3 aromatic rings. The molecule has 0 aliphatic carbocycles. The molecule has 2 aromatic carbocycles. The first-order valence-electron chi connectivity index (χ1n) is 10.3. The second-order valence-corrected chi connectivity index (χ2v) is 7.76. The summed E-state index contributed by atoms with van der Waals surface area (Å²) in [5.74, 6) is -2.54. The second-order valence-electron chi connectivity index (χ2n) is 7.35. The van der Waals surface area contributed by atoms with Crippen LogP contribution >= 0.6 is 11.6 Å². The summed E-state index contributed by atoms with van der Waals surface area (Å²) in [6.07, 6.45) is 0.535. The summed E-state index contributed by atoms with van der Waals surface area (Å²) in [5.41, 5.74) is -0.192. The Hall–Kier alpha value is -3.79. The number of nitrogens with zero attached hydrogens (tertiary/aromatic N) is 2. The Morgan fingerprint density at radius 1 is 1.24 bits per heavy atom. The van der Waals surface area contributed by atoms with E-state index in [0.29, 0.717) is 22.0 Å². The molecule has 3 rings (SSSR count). The van der Waals surface area contributed by atoms with Crippen molar-refractivity contribution in [3.8, 4) is 11.5 Å². The second kappa shape index (κ2) is 10.9. The number of rotatable bonds is 10. The number of halogens is 2. The first-order chi connectivity index (χ1) is 16.2. The maximum atomic E-state index is 13.2. The molecular formula is C23H21ClFN3O6. The molecule has 2 unspecified atom stereocenters. The predicted molar refractivity (Wildman–Crippen MR) is 122 cm³/mol. The molecule has 0 spiro atoms. The van der Waals surface area contributed by atoms with Gasteiger partial charge in [0.1, 0.15) is 30.3 Å². The number of alkyl halides is 1. The van der Waals surface area contributed by atoms with Crippen LogP contribution in [0.1, 0.15) is 25.8 Å². The van der Waals surface area contributed by atoms with Crippen molar-refractivity contribution in [1.29, 1.82) is 0 Å². The molecule has 9 nitrogen and oxygen atoms in total. The first-order valence-corrected chi connectivity index (χ1v) is 10.7. The number of hydrogen-bond donors (Lipinski definition) is 2. The molecule has 1 heterocycles. The number of carboxylic acids is 1. The number of fused-ring (bicyclic) bond motifs is 1. The molecule has 178 valence electrons. The van der Waals surface area contributed by atoms with Crippen molar-refractivity contribution in [3.63, 3.8) is 0 Å². The molecule has 0 fully saturated rings. The zero-order valence-corrected chi connectivity index (χ0v) is 18.8. The quantitative estimate of drug-likeness (QED) is 0.447. The van der Waals surface area contributed by atoms with Gasteiger partial charge in [0.05, 0.1) is 28.7 Å². The maximum Gasteiger partial charge on any atom is 0.305 e. The van der Waals surface area contributed by atoms with Gasteiger partial charge in [-0.3, -0.25) is 23.7 Å². The van der Waals surface area contributed by atoms with Crippen LogP contribution in [0.4, 0.5) is 4.39 Å². The smallest absolute Gasteiger partial charge is 0.305 e. The molecular weight excluding hydrogens is 469 g/mol. The fourth-order valence-electron chi connectivity index (χ4n) is 3.34. The van der Waals surface area contributed by atoms with E-state index in [0.717, 1.165) is 4.57 Å². The van der Waals surface area contributed by atoms with E-state index in [-0.39, 0.29) is 11.8 Å². The zero-order chi connectivity index (χ0) is 24.8. The molecule has 34 heavy (non-hydrogen) atoms. The molecule has 0 radical (unpaired) electrons. The summed E-state index contributed by atoms with van der Waals surface area (Å²) in [7, 11) is 0. The SMILES string of the molecule is CCC(C(=O)NC(CC(=O)O)C(=O)CF)n1cnc2ccc(Oc3ccccc3Cl)cc2c1=O. The summed E-state index contributed by atoms with van der Waals surface area (Å²) in [4.78, 5) is 53.0. The lowest BCUT2D eigenvalue weighted by molar-refractivity contribution is -0.140.